The smallest absolute Gasteiger partial charge is 0.346 e. The minimum Gasteiger partial charge on any atom is -0.346 e. The molecule has 0 nitrogen and oxygen atoms in total. The van der Waals surface area contributed by atoms with Crippen molar-refractivity contribution in [2.24, 2.45) is 0 Å². The van der Waals surface area contributed by atoms with Crippen LogP contribution >= 0.6 is 0 Å². The summed E-state index contributed by atoms with van der Waals surface area (Å²) in [5.74, 6) is 0. The van der Waals surface area contributed by atoms with Crippen LogP contribution in [0.15, 0.2) is 0 Å². The summed E-state index contributed by atoms with van der Waals surface area (Å²) in [6.07, 6.45) is 0. The predicted octanol–water partition coefficient (Wildman–Crippen LogP) is 3.44. The molecule has 0 spiro atoms. The van der Waals surface area contributed by atoms with Crippen molar-refractivity contribution < 1.29 is 0 Å². The Morgan fingerprint density at radius 3 is 0.417 bits per heavy atom. The van der Waals surface area contributed by atoms with Gasteiger partial charge in [-0.25, -0.2) is 0 Å². The summed E-state index contributed by atoms with van der Waals surface area (Å²) < 4.78 is 0. The van der Waals surface area contributed by atoms with E-state index >= 15 is 0 Å². The van der Waals surface area contributed by atoms with Crippen LogP contribution in [0.2, 0.25) is 0 Å². The third kappa shape index (κ3) is 711. The predicted molar refractivity (Wildman–Crippen MR) is 66.7 cm³/mol. The van der Waals surface area contributed by atoms with Crippen LogP contribution < -0.4 is 0 Å². The first kappa shape index (κ1) is 50.7. The average molecular weight is 197 g/mol. The zero-order chi connectivity index (χ0) is 10.0. The Balaban J connectivity index is -0.00000000500. The van der Waals surface area contributed by atoms with Gasteiger partial charge in [-0.2, -0.15) is 34.6 Å². The van der Waals surface area contributed by atoms with Crippen molar-refractivity contribution in [3.63, 3.8) is 0 Å². The molecule has 0 aliphatic carbocycles. The number of rotatable bonds is 0. The standard InChI is InChI=1S/5C2H5.Al.Mg/c5*1-2;;/h5*1H2,2H3;;/q5*-1;;+2. The van der Waals surface area contributed by atoms with E-state index in [1.165, 1.54) is 0 Å². The maximum atomic E-state index is 3.25. The van der Waals surface area contributed by atoms with Gasteiger partial charge in [0.2, 0.25) is 0 Å². The second kappa shape index (κ2) is 931. The molecule has 0 aromatic rings. The maximum absolute atomic E-state index is 3.25. The molecular weight excluding hydrogens is 171 g/mol. The van der Waals surface area contributed by atoms with Gasteiger partial charge in [-0.1, -0.05) is 0 Å². The zero-order valence-electron chi connectivity index (χ0n) is 9.82. The molecule has 0 aromatic carbocycles. The molecule has 0 aliphatic heterocycles. The number of hydrogen-bond donors (Lipinski definition) is 0. The normalized spacial score (nSPS) is 2.50. The Labute approximate surface area is 109 Å². The van der Waals surface area contributed by atoms with E-state index in [4.69, 9.17) is 0 Å². The third-order valence-electron chi connectivity index (χ3n) is 0. The second-order valence-electron chi connectivity index (χ2n) is 0. The topological polar surface area (TPSA) is 0 Å². The van der Waals surface area contributed by atoms with Crippen molar-refractivity contribution in [2.75, 3.05) is 0 Å². The summed E-state index contributed by atoms with van der Waals surface area (Å²) in [6, 6.07) is 0. The van der Waals surface area contributed by atoms with Crippen LogP contribution in [0.4, 0.5) is 0 Å². The zero-order valence-corrected chi connectivity index (χ0v) is 12.4. The Kier molecular flexibility index (Phi) is 3930. The molecule has 2 heteroatoms. The van der Waals surface area contributed by atoms with Crippen LogP contribution in [0.1, 0.15) is 34.6 Å². The van der Waals surface area contributed by atoms with Gasteiger partial charge in [0, 0.05) is 17.4 Å². The molecule has 3 radical (unpaired) electrons. The van der Waals surface area contributed by atoms with Gasteiger partial charge in [0.25, 0.3) is 0 Å². The van der Waals surface area contributed by atoms with Crippen LogP contribution in [0.5, 0.6) is 0 Å². The van der Waals surface area contributed by atoms with Gasteiger partial charge in [0.1, 0.15) is 0 Å². The summed E-state index contributed by atoms with van der Waals surface area (Å²) in [5.41, 5.74) is 0. The molecule has 12 heavy (non-hydrogen) atoms. The molecule has 0 amide bonds. The van der Waals surface area contributed by atoms with Gasteiger partial charge >= 0.3 is 23.1 Å². The third-order valence-corrected chi connectivity index (χ3v) is 0. The average Bonchev–Trinajstić information content (AvgIpc) is 2.20. The van der Waals surface area contributed by atoms with E-state index in [0.29, 0.717) is 0 Å². The van der Waals surface area contributed by atoms with Crippen LogP contribution in [0.3, 0.4) is 0 Å². The second-order valence-corrected chi connectivity index (χ2v) is 0. The monoisotopic (exact) mass is 196 g/mol. The molecule has 0 heterocycles. The van der Waals surface area contributed by atoms with E-state index in [1.807, 2.05) is 0 Å². The van der Waals surface area contributed by atoms with E-state index in [1.54, 1.807) is 34.6 Å². The number of hydrogen-bond acceptors (Lipinski definition) is 0. The fourth-order valence-electron chi connectivity index (χ4n) is 0. The first-order valence-electron chi connectivity index (χ1n) is 3.54. The van der Waals surface area contributed by atoms with Gasteiger partial charge in [-0.05, 0) is 0 Å². The van der Waals surface area contributed by atoms with Gasteiger partial charge in [0.15, 0.2) is 0 Å². The molecule has 0 fully saturated rings. The Hall–Kier alpha value is 1.30. The molecule has 0 rings (SSSR count). The summed E-state index contributed by atoms with van der Waals surface area (Å²) >= 11 is 0. The molecule has 0 N–H and O–H groups in total. The van der Waals surface area contributed by atoms with Crippen molar-refractivity contribution in [3.8, 4) is 0 Å². The fourth-order valence-corrected chi connectivity index (χ4v) is 0. The summed E-state index contributed by atoms with van der Waals surface area (Å²) in [6.45, 7) is 25.0. The van der Waals surface area contributed by atoms with Crippen LogP contribution in [-0.2, 0) is 0 Å². The molecule has 0 aliphatic rings. The van der Waals surface area contributed by atoms with E-state index in [9.17, 15) is 0 Å². The van der Waals surface area contributed by atoms with Crippen molar-refractivity contribution in [1.82, 2.24) is 0 Å². The Morgan fingerprint density at radius 1 is 0.417 bits per heavy atom. The molecule has 73 valence electrons. The molecule has 0 unspecified atom stereocenters. The van der Waals surface area contributed by atoms with Crippen molar-refractivity contribution in [2.45, 2.75) is 34.6 Å². The van der Waals surface area contributed by atoms with Gasteiger partial charge < -0.3 is 34.6 Å². The molecule has 0 saturated carbocycles. The van der Waals surface area contributed by atoms with E-state index in [2.05, 4.69) is 34.6 Å². The fraction of sp³-hybridized carbons (Fsp3) is 0.500. The van der Waals surface area contributed by atoms with Gasteiger partial charge in [0.05, 0.1) is 0 Å². The summed E-state index contributed by atoms with van der Waals surface area (Å²) in [5, 5.41) is 0. The molecular formula is C10H25AlMg-3. The van der Waals surface area contributed by atoms with Crippen molar-refractivity contribution >= 4 is 40.4 Å². The van der Waals surface area contributed by atoms with Crippen molar-refractivity contribution in [3.05, 3.63) is 34.6 Å². The van der Waals surface area contributed by atoms with Crippen molar-refractivity contribution in [1.29, 1.82) is 0 Å². The maximum Gasteiger partial charge on any atom is 2.00 e. The first-order valence-corrected chi connectivity index (χ1v) is 3.54. The molecule has 0 saturated heterocycles. The van der Waals surface area contributed by atoms with Crippen LogP contribution in [-0.4, -0.2) is 40.4 Å². The minimum atomic E-state index is 0. The molecule has 0 aromatic heterocycles. The van der Waals surface area contributed by atoms with Crippen LogP contribution in [0, 0.1) is 34.6 Å². The van der Waals surface area contributed by atoms with E-state index in [0.717, 1.165) is 0 Å². The minimum absolute atomic E-state index is 0. The summed E-state index contributed by atoms with van der Waals surface area (Å²) in [4.78, 5) is 0. The largest absolute Gasteiger partial charge is 2.00 e. The van der Waals surface area contributed by atoms with Gasteiger partial charge in [-0.15, -0.1) is 0 Å². The SMILES string of the molecule is [Al].[CH2-]C.[CH2-]C.[CH2-]C.[CH2-]C.[CH2-]C.[Mg+2]. The van der Waals surface area contributed by atoms with Crippen LogP contribution in [0.25, 0.3) is 0 Å². The quantitative estimate of drug-likeness (QED) is 0.411. The Morgan fingerprint density at radius 2 is 0.417 bits per heavy atom. The van der Waals surface area contributed by atoms with E-state index < -0.39 is 0 Å². The molecule has 0 atom stereocenters. The van der Waals surface area contributed by atoms with Gasteiger partial charge in [-0.3, -0.25) is 0 Å². The Bertz CT molecular complexity index is 9.80. The molecule has 0 bridgehead atoms. The first-order chi connectivity index (χ1) is 5.00. The summed E-state index contributed by atoms with van der Waals surface area (Å²) in [7, 11) is 0. The van der Waals surface area contributed by atoms with E-state index in [-0.39, 0.29) is 40.4 Å².